The van der Waals surface area contributed by atoms with Crippen LogP contribution in [0.25, 0.3) is 0 Å². The molecule has 1 aromatic heterocycles. The first-order valence-electron chi connectivity index (χ1n) is 6.33. The second kappa shape index (κ2) is 5.73. The van der Waals surface area contributed by atoms with E-state index in [0.29, 0.717) is 11.7 Å². The largest absolute Gasteiger partial charge is 0.467 e. The lowest BCUT2D eigenvalue weighted by Gasteiger charge is -2.13. The highest BCUT2D eigenvalue weighted by molar-refractivity contribution is 5.40. The number of aryl methyl sites for hydroxylation is 1. The minimum absolute atomic E-state index is 0.0607. The predicted octanol–water partition coefficient (Wildman–Crippen LogP) is 2.69. The Hall–Kier alpha value is -2.37. The van der Waals surface area contributed by atoms with Gasteiger partial charge in [0.1, 0.15) is 5.75 Å². The van der Waals surface area contributed by atoms with Crippen LogP contribution in [0.15, 0.2) is 18.2 Å². The molecule has 0 spiro atoms. The first-order valence-corrected chi connectivity index (χ1v) is 6.33. The molecule has 106 valence electrons. The number of hydrogen-bond donors (Lipinski definition) is 1. The average Bonchev–Trinajstić information content (AvgIpc) is 2.37. The molecule has 0 fully saturated rings. The molecule has 0 bridgehead atoms. The lowest BCUT2D eigenvalue weighted by molar-refractivity contribution is 0.359. The molecule has 6 nitrogen and oxygen atoms in total. The summed E-state index contributed by atoms with van der Waals surface area (Å²) in [6.07, 6.45) is 0. The summed E-state index contributed by atoms with van der Waals surface area (Å²) in [6, 6.07) is 6.29. The van der Waals surface area contributed by atoms with E-state index in [-0.39, 0.29) is 18.0 Å². The van der Waals surface area contributed by atoms with Gasteiger partial charge in [-0.25, -0.2) is 0 Å². The molecule has 1 aromatic carbocycles. The third-order valence-electron chi connectivity index (χ3n) is 2.79. The van der Waals surface area contributed by atoms with Crippen molar-refractivity contribution in [2.24, 2.45) is 0 Å². The number of methoxy groups -OCH3 is 1. The Balaban J connectivity index is 2.38. The van der Waals surface area contributed by atoms with Crippen molar-refractivity contribution in [2.75, 3.05) is 12.8 Å². The first-order chi connectivity index (χ1) is 9.49. The van der Waals surface area contributed by atoms with Crippen LogP contribution in [0, 0.1) is 6.92 Å². The van der Waals surface area contributed by atoms with Gasteiger partial charge in [-0.1, -0.05) is 26.0 Å². The van der Waals surface area contributed by atoms with Crippen molar-refractivity contribution >= 4 is 5.95 Å². The van der Waals surface area contributed by atoms with Crippen LogP contribution in [0.4, 0.5) is 5.95 Å². The molecule has 0 aliphatic heterocycles. The summed E-state index contributed by atoms with van der Waals surface area (Å²) in [5.74, 6) is 1.10. The van der Waals surface area contributed by atoms with Gasteiger partial charge >= 0.3 is 12.0 Å². The standard InChI is InChI=1S/C14H18N4O2/c1-8(2)10-6-5-9(3)7-11(10)20-14-17-12(15)16-13(18-14)19-4/h5-8H,1-4H3,(H2,15,16,17,18). The molecule has 0 saturated carbocycles. The van der Waals surface area contributed by atoms with Crippen molar-refractivity contribution in [3.8, 4) is 17.8 Å². The number of nitrogens with zero attached hydrogens (tertiary/aromatic N) is 3. The smallest absolute Gasteiger partial charge is 0.330 e. The summed E-state index contributed by atoms with van der Waals surface area (Å²) < 4.78 is 10.7. The monoisotopic (exact) mass is 274 g/mol. The van der Waals surface area contributed by atoms with Crippen LogP contribution in [0.3, 0.4) is 0 Å². The van der Waals surface area contributed by atoms with E-state index in [1.54, 1.807) is 0 Å². The van der Waals surface area contributed by atoms with Gasteiger partial charge in [-0.15, -0.1) is 4.98 Å². The fraction of sp³-hybridized carbons (Fsp3) is 0.357. The minimum Gasteiger partial charge on any atom is -0.467 e. The van der Waals surface area contributed by atoms with Gasteiger partial charge in [-0.05, 0) is 30.0 Å². The maximum absolute atomic E-state index is 5.75. The molecule has 2 N–H and O–H groups in total. The Kier molecular flexibility index (Phi) is 4.02. The first kappa shape index (κ1) is 14.0. The van der Waals surface area contributed by atoms with Crippen molar-refractivity contribution in [2.45, 2.75) is 26.7 Å². The number of anilines is 1. The molecular formula is C14H18N4O2. The second-order valence-corrected chi connectivity index (χ2v) is 4.76. The Bertz CT molecular complexity index is 614. The highest BCUT2D eigenvalue weighted by atomic mass is 16.5. The van der Waals surface area contributed by atoms with Crippen molar-refractivity contribution in [1.82, 2.24) is 15.0 Å². The van der Waals surface area contributed by atoms with E-state index in [2.05, 4.69) is 28.8 Å². The second-order valence-electron chi connectivity index (χ2n) is 4.76. The van der Waals surface area contributed by atoms with Gasteiger partial charge in [0, 0.05) is 0 Å². The van der Waals surface area contributed by atoms with Crippen LogP contribution >= 0.6 is 0 Å². The van der Waals surface area contributed by atoms with Crippen molar-refractivity contribution in [1.29, 1.82) is 0 Å². The van der Waals surface area contributed by atoms with Crippen molar-refractivity contribution < 1.29 is 9.47 Å². The van der Waals surface area contributed by atoms with Crippen LogP contribution in [0.2, 0.25) is 0 Å². The summed E-state index contributed by atoms with van der Waals surface area (Å²) in [6.45, 7) is 6.19. The van der Waals surface area contributed by atoms with Crippen LogP contribution in [0.5, 0.6) is 17.8 Å². The quantitative estimate of drug-likeness (QED) is 0.922. The third kappa shape index (κ3) is 3.14. The Labute approximate surface area is 118 Å². The Morgan fingerprint density at radius 1 is 1.10 bits per heavy atom. The number of hydrogen-bond acceptors (Lipinski definition) is 6. The fourth-order valence-corrected chi connectivity index (χ4v) is 1.80. The normalized spacial score (nSPS) is 10.7. The molecule has 1 heterocycles. The zero-order valence-electron chi connectivity index (χ0n) is 12.0. The SMILES string of the molecule is COc1nc(N)nc(Oc2cc(C)ccc2C(C)C)n1. The van der Waals surface area contributed by atoms with Crippen LogP contribution < -0.4 is 15.2 Å². The van der Waals surface area contributed by atoms with E-state index in [1.807, 2.05) is 25.1 Å². The topological polar surface area (TPSA) is 83.2 Å². The zero-order chi connectivity index (χ0) is 14.7. The summed E-state index contributed by atoms with van der Waals surface area (Å²) in [5.41, 5.74) is 7.77. The average molecular weight is 274 g/mol. The molecule has 2 aromatic rings. The van der Waals surface area contributed by atoms with E-state index < -0.39 is 0 Å². The van der Waals surface area contributed by atoms with E-state index in [4.69, 9.17) is 15.2 Å². The highest BCUT2D eigenvalue weighted by Crippen LogP contribution is 2.30. The zero-order valence-corrected chi connectivity index (χ0v) is 12.0. The number of nitrogens with two attached hydrogens (primary N) is 1. The number of benzene rings is 1. The number of rotatable bonds is 4. The van der Waals surface area contributed by atoms with Gasteiger partial charge < -0.3 is 15.2 Å². The molecular weight excluding hydrogens is 256 g/mol. The molecule has 6 heteroatoms. The van der Waals surface area contributed by atoms with Gasteiger partial charge in [-0.3, -0.25) is 0 Å². The molecule has 0 unspecified atom stereocenters. The minimum atomic E-state index is 0.0607. The lowest BCUT2D eigenvalue weighted by Crippen LogP contribution is -2.04. The molecule has 0 amide bonds. The molecule has 0 aliphatic carbocycles. The molecule has 2 rings (SSSR count). The molecule has 0 saturated heterocycles. The number of ether oxygens (including phenoxy) is 2. The van der Waals surface area contributed by atoms with Crippen molar-refractivity contribution in [3.05, 3.63) is 29.3 Å². The molecule has 0 atom stereocenters. The Morgan fingerprint density at radius 2 is 1.80 bits per heavy atom. The van der Waals surface area contributed by atoms with Gasteiger partial charge in [0.25, 0.3) is 0 Å². The number of nitrogen functional groups attached to an aromatic ring is 1. The van der Waals surface area contributed by atoms with E-state index in [1.165, 1.54) is 7.11 Å². The van der Waals surface area contributed by atoms with Gasteiger partial charge in [0.15, 0.2) is 0 Å². The summed E-state index contributed by atoms with van der Waals surface area (Å²) in [5, 5.41) is 0. The van der Waals surface area contributed by atoms with Crippen LogP contribution in [0.1, 0.15) is 30.9 Å². The lowest BCUT2D eigenvalue weighted by atomic mass is 10.0. The van der Waals surface area contributed by atoms with Gasteiger partial charge in [0.05, 0.1) is 7.11 Å². The summed E-state index contributed by atoms with van der Waals surface area (Å²) in [4.78, 5) is 11.8. The van der Waals surface area contributed by atoms with Gasteiger partial charge in [0.2, 0.25) is 5.95 Å². The predicted molar refractivity (Wildman–Crippen MR) is 76.1 cm³/mol. The molecule has 0 aliphatic rings. The van der Waals surface area contributed by atoms with E-state index in [0.717, 1.165) is 11.1 Å². The van der Waals surface area contributed by atoms with E-state index in [9.17, 15) is 0 Å². The highest BCUT2D eigenvalue weighted by Gasteiger charge is 2.12. The van der Waals surface area contributed by atoms with Crippen LogP contribution in [-0.2, 0) is 0 Å². The summed E-state index contributed by atoms with van der Waals surface area (Å²) in [7, 11) is 1.46. The maximum Gasteiger partial charge on any atom is 0.330 e. The number of aromatic nitrogens is 3. The maximum atomic E-state index is 5.75. The van der Waals surface area contributed by atoms with Gasteiger partial charge in [-0.2, -0.15) is 9.97 Å². The summed E-state index contributed by atoms with van der Waals surface area (Å²) >= 11 is 0. The molecule has 0 radical (unpaired) electrons. The van der Waals surface area contributed by atoms with Crippen LogP contribution in [-0.4, -0.2) is 22.1 Å². The Morgan fingerprint density at radius 3 is 2.45 bits per heavy atom. The fourth-order valence-electron chi connectivity index (χ4n) is 1.80. The van der Waals surface area contributed by atoms with E-state index >= 15 is 0 Å². The third-order valence-corrected chi connectivity index (χ3v) is 2.79. The molecule has 20 heavy (non-hydrogen) atoms. The van der Waals surface area contributed by atoms with Crippen molar-refractivity contribution in [3.63, 3.8) is 0 Å².